The lowest BCUT2D eigenvalue weighted by Crippen LogP contribution is -2.28. The number of anilines is 1. The zero-order chi connectivity index (χ0) is 12.3. The molecule has 1 aromatic carbocycles. The number of benzene rings is 1. The van der Waals surface area contributed by atoms with Crippen molar-refractivity contribution in [1.29, 1.82) is 0 Å². The fourth-order valence-electron chi connectivity index (χ4n) is 1.93. The normalized spacial score (nSPS) is 14.9. The highest BCUT2D eigenvalue weighted by Crippen LogP contribution is 2.27. The Balaban J connectivity index is 2.01. The molecule has 0 aliphatic carbocycles. The largest absolute Gasteiger partial charge is 0.493 e. The van der Waals surface area contributed by atoms with Gasteiger partial charge in [0.05, 0.1) is 6.61 Å². The Morgan fingerprint density at radius 2 is 2.35 bits per heavy atom. The van der Waals surface area contributed by atoms with Gasteiger partial charge in [0.25, 0.3) is 0 Å². The molecule has 17 heavy (non-hydrogen) atoms. The van der Waals surface area contributed by atoms with Crippen molar-refractivity contribution in [3.8, 4) is 5.75 Å². The van der Waals surface area contributed by atoms with Crippen LogP contribution in [0.25, 0.3) is 0 Å². The summed E-state index contributed by atoms with van der Waals surface area (Å²) in [4.78, 5) is 11.8. The van der Waals surface area contributed by atoms with Gasteiger partial charge in [-0.15, -0.1) is 0 Å². The Bertz CT molecular complexity index is 418. The molecular formula is C13H18N2O2. The maximum Gasteiger partial charge on any atom is 0.228 e. The molecule has 1 aliphatic heterocycles. The summed E-state index contributed by atoms with van der Waals surface area (Å²) < 4.78 is 5.42. The highest BCUT2D eigenvalue weighted by molar-refractivity contribution is 5.92. The molecule has 1 unspecified atom stereocenters. The molecule has 0 spiro atoms. The molecule has 0 aromatic heterocycles. The van der Waals surface area contributed by atoms with E-state index >= 15 is 0 Å². The van der Waals surface area contributed by atoms with Crippen LogP contribution in [0.2, 0.25) is 0 Å². The molecule has 1 heterocycles. The molecule has 4 heteroatoms. The fourth-order valence-corrected chi connectivity index (χ4v) is 1.93. The number of fused-ring (bicyclic) bond motifs is 1. The average Bonchev–Trinajstić information content (AvgIpc) is 2.76. The van der Waals surface area contributed by atoms with Crippen molar-refractivity contribution < 1.29 is 9.53 Å². The predicted molar refractivity (Wildman–Crippen MR) is 67.4 cm³/mol. The van der Waals surface area contributed by atoms with Gasteiger partial charge in [-0.2, -0.15) is 0 Å². The zero-order valence-electron chi connectivity index (χ0n) is 10.2. The lowest BCUT2D eigenvalue weighted by atomic mass is 10.1. The van der Waals surface area contributed by atoms with Crippen molar-refractivity contribution in [1.82, 2.24) is 5.32 Å². The minimum atomic E-state index is -0.0375. The third-order valence-electron chi connectivity index (χ3n) is 2.91. The summed E-state index contributed by atoms with van der Waals surface area (Å²) >= 11 is 0. The smallest absolute Gasteiger partial charge is 0.228 e. The molecule has 2 N–H and O–H groups in total. The van der Waals surface area contributed by atoms with E-state index in [1.165, 1.54) is 5.56 Å². The van der Waals surface area contributed by atoms with Crippen molar-refractivity contribution in [2.24, 2.45) is 5.92 Å². The predicted octanol–water partition coefficient (Wildman–Crippen LogP) is 1.42. The molecular weight excluding hydrogens is 216 g/mol. The summed E-state index contributed by atoms with van der Waals surface area (Å²) in [6, 6.07) is 5.79. The second-order valence-electron chi connectivity index (χ2n) is 4.37. The van der Waals surface area contributed by atoms with E-state index in [1.807, 2.05) is 32.2 Å². The van der Waals surface area contributed by atoms with Crippen LogP contribution in [0.5, 0.6) is 5.75 Å². The van der Waals surface area contributed by atoms with Crippen LogP contribution < -0.4 is 15.4 Å². The molecule has 4 nitrogen and oxygen atoms in total. The molecule has 1 atom stereocenters. The summed E-state index contributed by atoms with van der Waals surface area (Å²) in [6.45, 7) is 3.32. The van der Waals surface area contributed by atoms with Gasteiger partial charge < -0.3 is 15.4 Å². The van der Waals surface area contributed by atoms with Gasteiger partial charge >= 0.3 is 0 Å². The van der Waals surface area contributed by atoms with Crippen LogP contribution in [0.1, 0.15) is 12.5 Å². The van der Waals surface area contributed by atoms with Crippen molar-refractivity contribution in [3.05, 3.63) is 23.8 Å². The Morgan fingerprint density at radius 3 is 3.12 bits per heavy atom. The number of ether oxygens (including phenoxy) is 1. The zero-order valence-corrected chi connectivity index (χ0v) is 10.2. The fraction of sp³-hybridized carbons (Fsp3) is 0.462. The van der Waals surface area contributed by atoms with Crippen LogP contribution in [0, 0.1) is 5.92 Å². The molecule has 92 valence electrons. The number of rotatable bonds is 4. The maximum absolute atomic E-state index is 11.8. The number of nitrogens with one attached hydrogen (secondary N) is 2. The molecule has 1 amide bonds. The molecule has 2 rings (SSSR count). The lowest BCUT2D eigenvalue weighted by Gasteiger charge is -2.12. The van der Waals surface area contributed by atoms with Crippen LogP contribution in [-0.4, -0.2) is 26.1 Å². The molecule has 1 aliphatic rings. The van der Waals surface area contributed by atoms with Crippen LogP contribution in [0.15, 0.2) is 18.2 Å². The van der Waals surface area contributed by atoms with Crippen LogP contribution >= 0.6 is 0 Å². The molecule has 0 radical (unpaired) electrons. The summed E-state index contributed by atoms with van der Waals surface area (Å²) in [5.74, 6) is 0.939. The number of hydrogen-bond acceptors (Lipinski definition) is 3. The Kier molecular flexibility index (Phi) is 3.64. The first-order valence-electron chi connectivity index (χ1n) is 5.92. The average molecular weight is 234 g/mol. The van der Waals surface area contributed by atoms with E-state index in [2.05, 4.69) is 10.6 Å². The van der Waals surface area contributed by atoms with Gasteiger partial charge in [-0.1, -0.05) is 6.92 Å². The van der Waals surface area contributed by atoms with Gasteiger partial charge in [-0.3, -0.25) is 4.79 Å². The van der Waals surface area contributed by atoms with Gasteiger partial charge in [0, 0.05) is 24.6 Å². The van der Waals surface area contributed by atoms with Gasteiger partial charge in [0.15, 0.2) is 0 Å². The first-order chi connectivity index (χ1) is 8.20. The third-order valence-corrected chi connectivity index (χ3v) is 2.91. The molecule has 0 fully saturated rings. The molecule has 0 saturated heterocycles. The molecule has 0 saturated carbocycles. The molecule has 0 bridgehead atoms. The number of carbonyl (C=O) groups excluding carboxylic acids is 1. The quantitative estimate of drug-likeness (QED) is 0.828. The SMILES string of the molecule is CNCC(C)C(=O)Nc1ccc2c(c1)CCO2. The van der Waals surface area contributed by atoms with Gasteiger partial charge in [0.2, 0.25) is 5.91 Å². The van der Waals surface area contributed by atoms with Gasteiger partial charge in [-0.25, -0.2) is 0 Å². The second-order valence-corrected chi connectivity index (χ2v) is 4.37. The van der Waals surface area contributed by atoms with Crippen LogP contribution in [-0.2, 0) is 11.2 Å². The number of carbonyl (C=O) groups is 1. The van der Waals surface area contributed by atoms with Gasteiger partial charge in [0.1, 0.15) is 5.75 Å². The Morgan fingerprint density at radius 1 is 1.53 bits per heavy atom. The van der Waals surface area contributed by atoms with E-state index in [0.29, 0.717) is 6.54 Å². The summed E-state index contributed by atoms with van der Waals surface area (Å²) in [5.41, 5.74) is 2.02. The highest BCUT2D eigenvalue weighted by Gasteiger charge is 2.15. The maximum atomic E-state index is 11.8. The minimum absolute atomic E-state index is 0.0375. The van der Waals surface area contributed by atoms with Gasteiger partial charge in [-0.05, 0) is 30.8 Å². The summed E-state index contributed by atoms with van der Waals surface area (Å²) in [7, 11) is 1.84. The van der Waals surface area contributed by atoms with E-state index in [1.54, 1.807) is 0 Å². The number of hydrogen-bond donors (Lipinski definition) is 2. The Hall–Kier alpha value is -1.55. The van der Waals surface area contributed by atoms with E-state index in [9.17, 15) is 4.79 Å². The molecule has 1 aromatic rings. The number of amides is 1. The second kappa shape index (κ2) is 5.19. The van der Waals surface area contributed by atoms with Crippen LogP contribution in [0.4, 0.5) is 5.69 Å². The van der Waals surface area contributed by atoms with E-state index in [0.717, 1.165) is 24.5 Å². The van der Waals surface area contributed by atoms with E-state index in [4.69, 9.17) is 4.74 Å². The summed E-state index contributed by atoms with van der Waals surface area (Å²) in [6.07, 6.45) is 0.922. The standard InChI is InChI=1S/C13H18N2O2/c1-9(8-14-2)13(16)15-11-3-4-12-10(7-11)5-6-17-12/h3-4,7,9,14H,5-6,8H2,1-2H3,(H,15,16). The summed E-state index contributed by atoms with van der Waals surface area (Å²) in [5, 5.41) is 5.92. The van der Waals surface area contributed by atoms with E-state index in [-0.39, 0.29) is 11.8 Å². The van der Waals surface area contributed by atoms with E-state index < -0.39 is 0 Å². The highest BCUT2D eigenvalue weighted by atomic mass is 16.5. The first-order valence-corrected chi connectivity index (χ1v) is 5.92. The lowest BCUT2D eigenvalue weighted by molar-refractivity contribution is -0.119. The topological polar surface area (TPSA) is 50.4 Å². The monoisotopic (exact) mass is 234 g/mol. The van der Waals surface area contributed by atoms with Crippen molar-refractivity contribution in [3.63, 3.8) is 0 Å². The Labute approximate surface area is 101 Å². The van der Waals surface area contributed by atoms with Crippen molar-refractivity contribution in [2.45, 2.75) is 13.3 Å². The first kappa shape index (κ1) is 11.9. The van der Waals surface area contributed by atoms with Crippen LogP contribution in [0.3, 0.4) is 0 Å². The minimum Gasteiger partial charge on any atom is -0.493 e. The van der Waals surface area contributed by atoms with Crippen molar-refractivity contribution >= 4 is 11.6 Å². The van der Waals surface area contributed by atoms with Crippen molar-refractivity contribution in [2.75, 3.05) is 25.5 Å². The third kappa shape index (κ3) is 2.77.